The Morgan fingerprint density at radius 2 is 2.00 bits per heavy atom. The van der Waals surface area contributed by atoms with Crippen molar-refractivity contribution in [2.45, 2.75) is 5.16 Å². The van der Waals surface area contributed by atoms with E-state index < -0.39 is 26.8 Å². The molecule has 136 valence electrons. The van der Waals surface area contributed by atoms with Gasteiger partial charge in [0.2, 0.25) is 15.0 Å². The molecule has 0 aliphatic rings. The maximum absolute atomic E-state index is 14.2. The number of para-hydroxylation sites is 1. The van der Waals surface area contributed by atoms with Gasteiger partial charge in [0.15, 0.2) is 11.6 Å². The zero-order chi connectivity index (χ0) is 19.1. The number of aromatic nitrogens is 2. The number of carbonyl (C=O) groups is 1. The van der Waals surface area contributed by atoms with E-state index in [1.165, 1.54) is 32.5 Å². The summed E-state index contributed by atoms with van der Waals surface area (Å²) in [6, 6.07) is 4.22. The van der Waals surface area contributed by atoms with Crippen LogP contribution in [0, 0.1) is 5.82 Å². The van der Waals surface area contributed by atoms with Gasteiger partial charge in [0, 0.05) is 23.6 Å². The average molecular weight is 396 g/mol. The molecule has 0 N–H and O–H groups in total. The maximum Gasteiger partial charge on any atom is 0.348 e. The molecule has 10 heteroatoms. The third-order valence-corrected chi connectivity index (χ3v) is 5.51. The van der Waals surface area contributed by atoms with Crippen LogP contribution in [0.15, 0.2) is 29.6 Å². The van der Waals surface area contributed by atoms with E-state index in [0.717, 1.165) is 17.6 Å². The van der Waals surface area contributed by atoms with Crippen molar-refractivity contribution >= 4 is 37.4 Å². The Labute approximate surface area is 152 Å². The topological polar surface area (TPSA) is 95.5 Å². The van der Waals surface area contributed by atoms with Crippen molar-refractivity contribution < 1.29 is 27.1 Å². The fraction of sp³-hybridized carbons (Fsp3) is 0.188. The third-order valence-electron chi connectivity index (χ3n) is 3.55. The van der Waals surface area contributed by atoms with E-state index in [4.69, 9.17) is 9.47 Å². The van der Waals surface area contributed by atoms with Crippen LogP contribution >= 0.6 is 11.3 Å². The summed E-state index contributed by atoms with van der Waals surface area (Å²) in [5.41, 5.74) is 0.701. The lowest BCUT2D eigenvalue weighted by Crippen LogP contribution is -2.04. The number of benzene rings is 1. The Kier molecular flexibility index (Phi) is 4.63. The van der Waals surface area contributed by atoms with Crippen molar-refractivity contribution in [3.05, 3.63) is 35.1 Å². The predicted molar refractivity (Wildman–Crippen MR) is 93.8 cm³/mol. The molecule has 0 aliphatic heterocycles. The highest BCUT2D eigenvalue weighted by molar-refractivity contribution is 7.90. The van der Waals surface area contributed by atoms with Gasteiger partial charge in [0.05, 0.1) is 24.4 Å². The van der Waals surface area contributed by atoms with E-state index in [1.54, 1.807) is 6.07 Å². The quantitative estimate of drug-likeness (QED) is 0.494. The zero-order valence-electron chi connectivity index (χ0n) is 13.9. The van der Waals surface area contributed by atoms with E-state index in [-0.39, 0.29) is 27.3 Å². The van der Waals surface area contributed by atoms with Crippen LogP contribution in [-0.2, 0) is 14.6 Å². The molecule has 26 heavy (non-hydrogen) atoms. The zero-order valence-corrected chi connectivity index (χ0v) is 15.6. The second-order valence-corrected chi connectivity index (χ2v) is 8.22. The van der Waals surface area contributed by atoms with Gasteiger partial charge in [-0.2, -0.15) is 0 Å². The van der Waals surface area contributed by atoms with Crippen molar-refractivity contribution in [1.29, 1.82) is 0 Å². The molecule has 7 nitrogen and oxygen atoms in total. The van der Waals surface area contributed by atoms with E-state index in [1.807, 2.05) is 0 Å². The van der Waals surface area contributed by atoms with Gasteiger partial charge in [-0.05, 0) is 6.07 Å². The number of methoxy groups -OCH3 is 2. The number of rotatable bonds is 4. The molecule has 0 fully saturated rings. The van der Waals surface area contributed by atoms with Gasteiger partial charge >= 0.3 is 5.97 Å². The normalized spacial score (nSPS) is 11.5. The van der Waals surface area contributed by atoms with Crippen molar-refractivity contribution in [3.8, 4) is 16.9 Å². The van der Waals surface area contributed by atoms with E-state index >= 15 is 0 Å². The number of sulfone groups is 1. The molecule has 1 aromatic carbocycles. The minimum Gasteiger partial charge on any atom is -0.493 e. The van der Waals surface area contributed by atoms with Gasteiger partial charge in [0.25, 0.3) is 0 Å². The SMILES string of the molecule is COC(=O)c1sc2cnc(S(C)(=O)=O)nc2c1-c1cccc(F)c1OC. The summed E-state index contributed by atoms with van der Waals surface area (Å²) in [7, 11) is -1.16. The Hall–Kier alpha value is -2.59. The van der Waals surface area contributed by atoms with Gasteiger partial charge in [0.1, 0.15) is 4.88 Å². The van der Waals surface area contributed by atoms with Crippen molar-refractivity contribution in [2.24, 2.45) is 0 Å². The molecular weight excluding hydrogens is 383 g/mol. The summed E-state index contributed by atoms with van der Waals surface area (Å²) in [5.74, 6) is -1.37. The number of halogens is 1. The number of carbonyl (C=O) groups excluding carboxylic acids is 1. The van der Waals surface area contributed by atoms with Crippen LogP contribution in [0.2, 0.25) is 0 Å². The summed E-state index contributed by atoms with van der Waals surface area (Å²) >= 11 is 1.02. The second kappa shape index (κ2) is 6.61. The highest BCUT2D eigenvalue weighted by atomic mass is 32.2. The molecule has 0 saturated carbocycles. The lowest BCUT2D eigenvalue weighted by Gasteiger charge is -2.10. The molecule has 0 spiro atoms. The highest BCUT2D eigenvalue weighted by Crippen LogP contribution is 2.42. The molecule has 2 aromatic heterocycles. The van der Waals surface area contributed by atoms with Crippen LogP contribution < -0.4 is 4.74 Å². The van der Waals surface area contributed by atoms with Crippen LogP contribution in [0.5, 0.6) is 5.75 Å². The average Bonchev–Trinajstić information content (AvgIpc) is 2.98. The third kappa shape index (κ3) is 3.01. The molecule has 0 aliphatic carbocycles. The summed E-state index contributed by atoms with van der Waals surface area (Å²) < 4.78 is 48.1. The first-order chi connectivity index (χ1) is 12.3. The smallest absolute Gasteiger partial charge is 0.348 e. The molecule has 3 aromatic rings. The first-order valence-corrected chi connectivity index (χ1v) is 9.89. The number of hydrogen-bond acceptors (Lipinski definition) is 8. The standard InChI is InChI=1S/C16H13FN2O5S2/c1-23-13-8(5-4-6-9(13)17)11-12-10(25-14(11)15(20)24-2)7-18-16(19-12)26(3,21)22/h4-7H,1-3H3. The molecule has 0 radical (unpaired) electrons. The van der Waals surface area contributed by atoms with Gasteiger partial charge < -0.3 is 9.47 Å². The van der Waals surface area contributed by atoms with Crippen LogP contribution in [-0.4, -0.2) is 44.8 Å². The number of thiophene rings is 1. The minimum absolute atomic E-state index is 0.0862. The fourth-order valence-corrected chi connectivity index (χ4v) is 4.00. The van der Waals surface area contributed by atoms with Crippen LogP contribution in [0.25, 0.3) is 21.3 Å². The maximum atomic E-state index is 14.2. The van der Waals surface area contributed by atoms with E-state index in [0.29, 0.717) is 4.70 Å². The fourth-order valence-electron chi connectivity index (χ4n) is 2.46. The summed E-state index contributed by atoms with van der Waals surface area (Å²) in [6.45, 7) is 0. The van der Waals surface area contributed by atoms with Gasteiger partial charge in [-0.15, -0.1) is 11.3 Å². The molecule has 0 bridgehead atoms. The minimum atomic E-state index is -3.67. The largest absolute Gasteiger partial charge is 0.493 e. The number of esters is 1. The molecule has 0 amide bonds. The Balaban J connectivity index is 2.45. The first-order valence-electron chi connectivity index (χ1n) is 7.18. The molecule has 0 saturated heterocycles. The summed E-state index contributed by atoms with van der Waals surface area (Å²) in [4.78, 5) is 20.3. The Morgan fingerprint density at radius 3 is 2.62 bits per heavy atom. The predicted octanol–water partition coefficient (Wildman–Crippen LogP) is 2.70. The van der Waals surface area contributed by atoms with E-state index in [2.05, 4.69) is 9.97 Å². The summed E-state index contributed by atoms with van der Waals surface area (Å²) in [6.07, 6.45) is 2.29. The van der Waals surface area contributed by atoms with Crippen LogP contribution in [0.4, 0.5) is 4.39 Å². The van der Waals surface area contributed by atoms with Gasteiger partial charge in [-0.3, -0.25) is 0 Å². The van der Waals surface area contributed by atoms with Crippen LogP contribution in [0.1, 0.15) is 9.67 Å². The first kappa shape index (κ1) is 18.2. The molecular formula is C16H13FN2O5S2. The number of ether oxygens (including phenoxy) is 2. The van der Waals surface area contributed by atoms with Gasteiger partial charge in [-0.25, -0.2) is 27.6 Å². The number of fused-ring (bicyclic) bond motifs is 1. The molecule has 2 heterocycles. The number of hydrogen-bond donors (Lipinski definition) is 0. The van der Waals surface area contributed by atoms with E-state index in [9.17, 15) is 17.6 Å². The lowest BCUT2D eigenvalue weighted by molar-refractivity contribution is 0.0607. The molecule has 0 atom stereocenters. The van der Waals surface area contributed by atoms with Crippen molar-refractivity contribution in [3.63, 3.8) is 0 Å². The van der Waals surface area contributed by atoms with Crippen LogP contribution in [0.3, 0.4) is 0 Å². The monoisotopic (exact) mass is 396 g/mol. The Bertz CT molecular complexity index is 1130. The molecule has 3 rings (SSSR count). The highest BCUT2D eigenvalue weighted by Gasteiger charge is 2.26. The van der Waals surface area contributed by atoms with Gasteiger partial charge in [-0.1, -0.05) is 12.1 Å². The lowest BCUT2D eigenvalue weighted by atomic mass is 10.0. The second-order valence-electron chi connectivity index (χ2n) is 5.26. The van der Waals surface area contributed by atoms with Crippen molar-refractivity contribution in [2.75, 3.05) is 20.5 Å². The molecule has 0 unspecified atom stereocenters. The van der Waals surface area contributed by atoms with Crippen molar-refractivity contribution in [1.82, 2.24) is 9.97 Å². The number of nitrogens with zero attached hydrogens (tertiary/aromatic N) is 2. The summed E-state index contributed by atoms with van der Waals surface area (Å²) in [5, 5.41) is -0.393. The Morgan fingerprint density at radius 1 is 1.27 bits per heavy atom.